The summed E-state index contributed by atoms with van der Waals surface area (Å²) in [5.41, 5.74) is 3.49. The van der Waals surface area contributed by atoms with Gasteiger partial charge < -0.3 is 34.8 Å². The Kier molecular flexibility index (Phi) is 17.7. The van der Waals surface area contributed by atoms with Crippen LogP contribution in [0.2, 0.25) is 0 Å². The molecule has 17 heteroatoms. The Morgan fingerprint density at radius 2 is 1.30 bits per heavy atom. The van der Waals surface area contributed by atoms with Crippen molar-refractivity contribution in [1.29, 1.82) is 0 Å². The van der Waals surface area contributed by atoms with E-state index >= 15 is 0 Å². The molecular formula is C44H46F4N4O8S. The Morgan fingerprint density at radius 1 is 0.754 bits per heavy atom. The second-order valence-electron chi connectivity index (χ2n) is 13.7. The van der Waals surface area contributed by atoms with Gasteiger partial charge in [-0.25, -0.2) is 14.0 Å². The lowest BCUT2D eigenvalue weighted by Crippen LogP contribution is -2.40. The average Bonchev–Trinajstić information content (AvgIpc) is 3.24. The molecule has 324 valence electrons. The third-order valence-electron chi connectivity index (χ3n) is 9.46. The van der Waals surface area contributed by atoms with Crippen molar-refractivity contribution < 1.29 is 52.4 Å². The zero-order chi connectivity index (χ0) is 44.7. The Labute approximate surface area is 353 Å². The minimum Gasteiger partial charge on any atom is -0.479 e. The van der Waals surface area contributed by atoms with Crippen LogP contribution < -0.4 is 5.56 Å². The number of aromatic nitrogens is 2. The molecule has 0 aliphatic carbocycles. The van der Waals surface area contributed by atoms with Crippen LogP contribution in [0.1, 0.15) is 41.7 Å². The van der Waals surface area contributed by atoms with Crippen LogP contribution in [0.5, 0.6) is 0 Å². The maximum atomic E-state index is 14.2. The number of benzene rings is 4. The maximum Gasteiger partial charge on any atom is 0.416 e. The van der Waals surface area contributed by atoms with Crippen LogP contribution in [0, 0.1) is 5.82 Å². The summed E-state index contributed by atoms with van der Waals surface area (Å²) < 4.78 is 54.4. The quantitative estimate of drug-likeness (QED) is 0.0449. The first-order chi connectivity index (χ1) is 29.0. The third-order valence-corrected chi connectivity index (χ3v) is 10.5. The fraction of sp³-hybridized carbons (Fsp3) is 0.295. The van der Waals surface area contributed by atoms with Crippen LogP contribution >= 0.6 is 11.8 Å². The van der Waals surface area contributed by atoms with Crippen molar-refractivity contribution >= 4 is 29.6 Å². The van der Waals surface area contributed by atoms with E-state index in [9.17, 15) is 36.7 Å². The van der Waals surface area contributed by atoms with E-state index in [2.05, 4.69) is 23.7 Å². The number of nitrogens with zero attached hydrogens (tertiary/aromatic N) is 4. The number of aliphatic carboxylic acids is 2. The van der Waals surface area contributed by atoms with Crippen molar-refractivity contribution in [1.82, 2.24) is 19.4 Å². The molecule has 0 aliphatic heterocycles. The lowest BCUT2D eigenvalue weighted by Gasteiger charge is -2.27. The molecule has 5 rings (SSSR count). The predicted molar refractivity (Wildman–Crippen MR) is 221 cm³/mol. The second kappa shape index (κ2) is 22.6. The SMILES string of the molecule is CCN(CC)CCN(Cc1ccc(-c2ccc(C(F)(F)F)cc2)cc1)C(=O)Cn1cc(Cc2ccccc2)c(=O)nc1SCc1ccc(F)cc1.O=C(O)C(O)C(O)C(=O)O. The summed E-state index contributed by atoms with van der Waals surface area (Å²) in [7, 11) is 0. The maximum absolute atomic E-state index is 14.2. The normalized spacial score (nSPS) is 12.3. The summed E-state index contributed by atoms with van der Waals surface area (Å²) >= 11 is 1.31. The molecule has 0 saturated carbocycles. The van der Waals surface area contributed by atoms with Gasteiger partial charge in [-0.05, 0) is 65.2 Å². The number of aliphatic hydroxyl groups excluding tert-OH is 2. The Hall–Kier alpha value is -5.88. The highest BCUT2D eigenvalue weighted by atomic mass is 32.2. The van der Waals surface area contributed by atoms with Crippen LogP contribution in [0.3, 0.4) is 0 Å². The van der Waals surface area contributed by atoms with Crippen molar-refractivity contribution in [2.45, 2.75) is 62.7 Å². The number of alkyl halides is 3. The molecule has 0 bridgehead atoms. The number of aliphatic hydroxyl groups is 2. The number of hydrogen-bond donors (Lipinski definition) is 4. The summed E-state index contributed by atoms with van der Waals surface area (Å²) in [5, 5.41) is 32.9. The van der Waals surface area contributed by atoms with Gasteiger partial charge in [0.05, 0.1) is 5.56 Å². The monoisotopic (exact) mass is 866 g/mol. The molecule has 0 saturated heterocycles. The molecule has 0 aliphatic rings. The Morgan fingerprint density at radius 3 is 1.82 bits per heavy atom. The van der Waals surface area contributed by atoms with E-state index in [4.69, 9.17) is 20.4 Å². The first-order valence-electron chi connectivity index (χ1n) is 19.1. The van der Waals surface area contributed by atoms with Gasteiger partial charge in [0.25, 0.3) is 5.56 Å². The number of amides is 1. The standard InChI is InChI=1S/C40H40F4N4O2S.C4H6O6/c1-3-46(4-2)22-23-47(25-30-10-14-32(15-11-30)33-16-18-35(19-17-33)40(42,43)44)37(49)27-48-26-34(24-29-8-6-5-7-9-29)38(50)45-39(48)51-28-31-12-20-36(41)21-13-31;5-1(3(7)8)2(6)4(9)10/h5-21,26H,3-4,22-25,27-28H2,1-2H3;1-2,5-6H,(H,7,8)(H,9,10). The molecule has 1 heterocycles. The Balaban J connectivity index is 0.000000727. The number of carbonyl (C=O) groups excluding carboxylic acids is 1. The van der Waals surface area contributed by atoms with E-state index in [1.807, 2.05) is 54.6 Å². The van der Waals surface area contributed by atoms with Crippen molar-refractivity contribution in [3.8, 4) is 11.1 Å². The van der Waals surface area contributed by atoms with E-state index in [0.717, 1.165) is 47.5 Å². The van der Waals surface area contributed by atoms with Crippen molar-refractivity contribution in [3.05, 3.63) is 153 Å². The van der Waals surface area contributed by atoms with Crippen LogP contribution in [-0.4, -0.2) is 96.0 Å². The molecule has 12 nitrogen and oxygen atoms in total. The summed E-state index contributed by atoms with van der Waals surface area (Å²) in [6.07, 6.45) is -6.86. The summed E-state index contributed by atoms with van der Waals surface area (Å²) in [6.45, 7) is 7.19. The topological polar surface area (TPSA) is 173 Å². The van der Waals surface area contributed by atoms with E-state index in [0.29, 0.717) is 48.1 Å². The lowest BCUT2D eigenvalue weighted by atomic mass is 10.0. The van der Waals surface area contributed by atoms with Crippen LogP contribution in [-0.2, 0) is 45.8 Å². The lowest BCUT2D eigenvalue weighted by molar-refractivity contribution is -0.165. The largest absolute Gasteiger partial charge is 0.479 e. The predicted octanol–water partition coefficient (Wildman–Crippen LogP) is 6.20. The zero-order valence-electron chi connectivity index (χ0n) is 33.3. The number of hydrogen-bond acceptors (Lipinski definition) is 9. The molecule has 5 aromatic rings. The van der Waals surface area contributed by atoms with Gasteiger partial charge in [-0.2, -0.15) is 18.2 Å². The molecule has 1 amide bonds. The van der Waals surface area contributed by atoms with Crippen molar-refractivity contribution in [2.75, 3.05) is 26.2 Å². The molecular weight excluding hydrogens is 821 g/mol. The number of rotatable bonds is 18. The van der Waals surface area contributed by atoms with Gasteiger partial charge in [0.1, 0.15) is 12.4 Å². The molecule has 1 aromatic heterocycles. The minimum absolute atomic E-state index is 0.0529. The number of carboxylic acid groups (broad SMARTS) is 2. The van der Waals surface area contributed by atoms with Crippen LogP contribution in [0.15, 0.2) is 119 Å². The van der Waals surface area contributed by atoms with Crippen molar-refractivity contribution in [2.24, 2.45) is 0 Å². The van der Waals surface area contributed by atoms with E-state index in [1.54, 1.807) is 27.8 Å². The van der Waals surface area contributed by atoms with Gasteiger partial charge in [-0.15, -0.1) is 0 Å². The van der Waals surface area contributed by atoms with Gasteiger partial charge in [0.15, 0.2) is 17.4 Å². The number of halogens is 4. The number of carbonyl (C=O) groups is 3. The third kappa shape index (κ3) is 14.7. The number of likely N-dealkylation sites (N-methyl/N-ethyl adjacent to an activating group) is 1. The van der Waals surface area contributed by atoms with Crippen LogP contribution in [0.4, 0.5) is 17.6 Å². The fourth-order valence-corrected chi connectivity index (χ4v) is 6.82. The van der Waals surface area contributed by atoms with Crippen molar-refractivity contribution in [3.63, 3.8) is 0 Å². The fourth-order valence-electron chi connectivity index (χ4n) is 5.90. The average molecular weight is 867 g/mol. The first-order valence-corrected chi connectivity index (χ1v) is 20.1. The Bertz CT molecular complexity index is 2240. The van der Waals surface area contributed by atoms with E-state index in [-0.39, 0.29) is 23.8 Å². The highest BCUT2D eigenvalue weighted by Crippen LogP contribution is 2.31. The molecule has 0 spiro atoms. The second-order valence-corrected chi connectivity index (χ2v) is 14.7. The van der Waals surface area contributed by atoms with Crippen LogP contribution in [0.25, 0.3) is 11.1 Å². The molecule has 61 heavy (non-hydrogen) atoms. The van der Waals surface area contributed by atoms with E-state index < -0.39 is 35.9 Å². The van der Waals surface area contributed by atoms with Gasteiger partial charge in [-0.3, -0.25) is 9.59 Å². The van der Waals surface area contributed by atoms with Gasteiger partial charge in [-0.1, -0.05) is 104 Å². The summed E-state index contributed by atoms with van der Waals surface area (Å²) in [6, 6.07) is 28.2. The summed E-state index contributed by atoms with van der Waals surface area (Å²) in [4.78, 5) is 55.3. The summed E-state index contributed by atoms with van der Waals surface area (Å²) in [5.74, 6) is -3.61. The smallest absolute Gasteiger partial charge is 0.416 e. The van der Waals surface area contributed by atoms with E-state index in [1.165, 1.54) is 36.0 Å². The first kappa shape index (κ1) is 47.8. The molecule has 4 aromatic carbocycles. The number of carboxylic acids is 2. The molecule has 0 radical (unpaired) electrons. The highest BCUT2D eigenvalue weighted by molar-refractivity contribution is 7.98. The molecule has 2 atom stereocenters. The molecule has 0 fully saturated rings. The van der Waals surface area contributed by atoms with Gasteiger partial charge >= 0.3 is 18.1 Å². The number of thioether (sulfide) groups is 1. The zero-order valence-corrected chi connectivity index (χ0v) is 34.2. The molecule has 4 N–H and O–H groups in total. The van der Waals surface area contributed by atoms with Gasteiger partial charge in [0, 0.05) is 43.6 Å². The minimum atomic E-state index is -4.40. The molecule has 2 unspecified atom stereocenters. The highest BCUT2D eigenvalue weighted by Gasteiger charge is 2.30. The van der Waals surface area contributed by atoms with Gasteiger partial charge in [0.2, 0.25) is 5.91 Å².